The summed E-state index contributed by atoms with van der Waals surface area (Å²) in [5.74, 6) is 0.0604. The van der Waals surface area contributed by atoms with Crippen LogP contribution in [0, 0.1) is 11.7 Å². The molecule has 1 saturated heterocycles. The largest absolute Gasteiger partial charge is 0.497 e. The Balaban J connectivity index is 1.65. The van der Waals surface area contributed by atoms with Gasteiger partial charge in [0.05, 0.1) is 12.0 Å². The summed E-state index contributed by atoms with van der Waals surface area (Å²) in [7, 11) is 1.81. The van der Waals surface area contributed by atoms with Gasteiger partial charge in [0, 0.05) is 38.6 Å². The lowest BCUT2D eigenvalue weighted by molar-refractivity contribution is -0.137. The number of halogens is 1. The highest BCUT2D eigenvalue weighted by molar-refractivity contribution is 7.89. The number of nitrogens with zero attached hydrogens (tertiary/aromatic N) is 3. The molecular weight excluding hydrogens is 445 g/mol. The lowest BCUT2D eigenvalue weighted by Crippen LogP contribution is -2.45. The van der Waals surface area contributed by atoms with Gasteiger partial charge in [0.1, 0.15) is 11.6 Å². The first-order chi connectivity index (χ1) is 15.7. The zero-order chi connectivity index (χ0) is 24.0. The molecule has 0 unspecified atom stereocenters. The van der Waals surface area contributed by atoms with E-state index in [9.17, 15) is 17.6 Å². The van der Waals surface area contributed by atoms with Gasteiger partial charge in [-0.3, -0.25) is 4.79 Å². The number of rotatable bonds is 9. The van der Waals surface area contributed by atoms with E-state index in [0.717, 1.165) is 5.56 Å². The average Bonchev–Trinajstić information content (AvgIpc) is 2.82. The molecule has 0 bridgehead atoms. The number of benzene rings is 2. The van der Waals surface area contributed by atoms with Crippen molar-refractivity contribution in [2.45, 2.75) is 24.3 Å². The van der Waals surface area contributed by atoms with Crippen LogP contribution in [0.2, 0.25) is 0 Å². The summed E-state index contributed by atoms with van der Waals surface area (Å²) in [6, 6.07) is 12.5. The van der Waals surface area contributed by atoms with E-state index in [-0.39, 0.29) is 22.5 Å². The van der Waals surface area contributed by atoms with Crippen molar-refractivity contribution in [2.75, 3.05) is 47.4 Å². The first-order valence-corrected chi connectivity index (χ1v) is 12.5. The third kappa shape index (κ3) is 6.52. The third-order valence-corrected chi connectivity index (χ3v) is 7.83. The molecule has 1 aliphatic heterocycles. The lowest BCUT2D eigenvalue weighted by Gasteiger charge is -2.34. The van der Waals surface area contributed by atoms with E-state index in [1.165, 1.54) is 35.7 Å². The molecule has 1 heterocycles. The maximum atomic E-state index is 13.3. The number of carbonyl (C=O) groups excluding carboxylic acids is 1. The van der Waals surface area contributed by atoms with Crippen LogP contribution in [0.25, 0.3) is 0 Å². The van der Waals surface area contributed by atoms with Crippen LogP contribution in [0.4, 0.5) is 4.39 Å². The molecule has 0 spiro atoms. The van der Waals surface area contributed by atoms with Crippen LogP contribution in [-0.2, 0) is 21.4 Å². The quantitative estimate of drug-likeness (QED) is 0.556. The van der Waals surface area contributed by atoms with E-state index in [2.05, 4.69) is 0 Å². The van der Waals surface area contributed by atoms with Crippen molar-refractivity contribution < 1.29 is 22.3 Å². The van der Waals surface area contributed by atoms with Crippen molar-refractivity contribution in [1.29, 1.82) is 0 Å². The summed E-state index contributed by atoms with van der Waals surface area (Å²) in [6.07, 6.45) is 0.937. The normalized spacial score (nSPS) is 15.5. The van der Waals surface area contributed by atoms with Crippen LogP contribution in [-0.4, -0.2) is 75.8 Å². The highest BCUT2D eigenvalue weighted by atomic mass is 32.2. The number of ether oxygens (including phenoxy) is 1. The number of methoxy groups -OCH3 is 1. The van der Waals surface area contributed by atoms with Gasteiger partial charge < -0.3 is 14.5 Å². The van der Waals surface area contributed by atoms with Crippen LogP contribution in [0.15, 0.2) is 53.4 Å². The standard InChI is InChI=1S/C24H32FN3O4S/c1-26(2)16-17-27(18-19-4-6-21(25)7-5-19)24(29)20-12-14-28(15-13-20)33(30,31)23-10-8-22(32-3)9-11-23/h4-11,20H,12-18H2,1-3H3. The van der Waals surface area contributed by atoms with Crippen LogP contribution < -0.4 is 4.74 Å². The predicted octanol–water partition coefficient (Wildman–Crippen LogP) is 2.83. The molecule has 180 valence electrons. The van der Waals surface area contributed by atoms with Gasteiger partial charge in [-0.15, -0.1) is 0 Å². The minimum atomic E-state index is -3.62. The highest BCUT2D eigenvalue weighted by Gasteiger charge is 2.34. The van der Waals surface area contributed by atoms with Crippen molar-refractivity contribution in [3.8, 4) is 5.75 Å². The molecule has 9 heteroatoms. The first-order valence-electron chi connectivity index (χ1n) is 11.0. The molecule has 1 aliphatic rings. The van der Waals surface area contributed by atoms with Gasteiger partial charge in [-0.25, -0.2) is 12.8 Å². The molecule has 1 amide bonds. The molecule has 0 N–H and O–H groups in total. The number of hydrogen-bond acceptors (Lipinski definition) is 5. The lowest BCUT2D eigenvalue weighted by atomic mass is 9.96. The van der Waals surface area contributed by atoms with Gasteiger partial charge in [-0.2, -0.15) is 4.31 Å². The van der Waals surface area contributed by atoms with Crippen LogP contribution >= 0.6 is 0 Å². The molecule has 2 aromatic rings. The Bertz CT molecular complexity index is 1020. The zero-order valence-electron chi connectivity index (χ0n) is 19.4. The Hall–Kier alpha value is -2.49. The molecule has 0 aromatic heterocycles. The summed E-state index contributed by atoms with van der Waals surface area (Å²) in [5.41, 5.74) is 0.864. The number of carbonyl (C=O) groups is 1. The number of sulfonamides is 1. The monoisotopic (exact) mass is 477 g/mol. The molecule has 0 aliphatic carbocycles. The summed E-state index contributed by atoms with van der Waals surface area (Å²) in [6.45, 7) is 2.24. The van der Waals surface area contributed by atoms with Gasteiger partial charge in [0.25, 0.3) is 0 Å². The molecule has 1 fully saturated rings. The molecule has 0 radical (unpaired) electrons. The number of hydrogen-bond donors (Lipinski definition) is 0. The van der Waals surface area contributed by atoms with Crippen LogP contribution in [0.3, 0.4) is 0 Å². The average molecular weight is 478 g/mol. The second-order valence-electron chi connectivity index (χ2n) is 8.54. The summed E-state index contributed by atoms with van der Waals surface area (Å²) in [5, 5.41) is 0. The molecule has 2 aromatic carbocycles. The maximum Gasteiger partial charge on any atom is 0.243 e. The van der Waals surface area contributed by atoms with E-state index in [1.54, 1.807) is 29.2 Å². The predicted molar refractivity (Wildman–Crippen MR) is 125 cm³/mol. The minimum absolute atomic E-state index is 0.0164. The van der Waals surface area contributed by atoms with Crippen molar-refractivity contribution in [2.24, 2.45) is 5.92 Å². The van der Waals surface area contributed by atoms with E-state index in [0.29, 0.717) is 51.3 Å². The minimum Gasteiger partial charge on any atom is -0.497 e. The second kappa shape index (κ2) is 11.1. The number of likely N-dealkylation sites (N-methyl/N-ethyl adjacent to an activating group) is 1. The zero-order valence-corrected chi connectivity index (χ0v) is 20.2. The number of piperidine rings is 1. The van der Waals surface area contributed by atoms with Crippen LogP contribution in [0.5, 0.6) is 5.75 Å². The summed E-state index contributed by atoms with van der Waals surface area (Å²) in [4.78, 5) is 17.4. The van der Waals surface area contributed by atoms with Crippen molar-refractivity contribution in [3.05, 3.63) is 59.9 Å². The topological polar surface area (TPSA) is 70.2 Å². The Kier molecular flexibility index (Phi) is 8.45. The Morgan fingerprint density at radius 3 is 2.18 bits per heavy atom. The van der Waals surface area contributed by atoms with E-state index >= 15 is 0 Å². The fraction of sp³-hybridized carbons (Fsp3) is 0.458. The molecule has 0 atom stereocenters. The van der Waals surface area contributed by atoms with E-state index in [4.69, 9.17) is 4.74 Å². The smallest absolute Gasteiger partial charge is 0.243 e. The Morgan fingerprint density at radius 1 is 1.03 bits per heavy atom. The molecule has 7 nitrogen and oxygen atoms in total. The van der Waals surface area contributed by atoms with Crippen LogP contribution in [0.1, 0.15) is 18.4 Å². The first kappa shape index (κ1) is 25.1. The summed E-state index contributed by atoms with van der Waals surface area (Å²) >= 11 is 0. The Labute approximate surface area is 195 Å². The molecule has 3 rings (SSSR count). The van der Waals surface area contributed by atoms with E-state index < -0.39 is 10.0 Å². The second-order valence-corrected chi connectivity index (χ2v) is 10.5. The fourth-order valence-corrected chi connectivity index (χ4v) is 5.37. The van der Waals surface area contributed by atoms with Gasteiger partial charge in [-0.05, 0) is 68.9 Å². The summed E-state index contributed by atoms with van der Waals surface area (Å²) < 4.78 is 45.8. The van der Waals surface area contributed by atoms with Crippen molar-refractivity contribution in [3.63, 3.8) is 0 Å². The molecule has 0 saturated carbocycles. The van der Waals surface area contributed by atoms with Gasteiger partial charge in [0.15, 0.2) is 0 Å². The maximum absolute atomic E-state index is 13.3. The van der Waals surface area contributed by atoms with E-state index in [1.807, 2.05) is 19.0 Å². The molecule has 33 heavy (non-hydrogen) atoms. The third-order valence-electron chi connectivity index (χ3n) is 5.92. The van der Waals surface area contributed by atoms with Gasteiger partial charge in [-0.1, -0.05) is 12.1 Å². The fourth-order valence-electron chi connectivity index (χ4n) is 3.90. The van der Waals surface area contributed by atoms with Gasteiger partial charge >= 0.3 is 0 Å². The SMILES string of the molecule is COc1ccc(S(=O)(=O)N2CCC(C(=O)N(CCN(C)C)Cc3ccc(F)cc3)CC2)cc1. The highest BCUT2D eigenvalue weighted by Crippen LogP contribution is 2.26. The Morgan fingerprint density at radius 2 is 1.64 bits per heavy atom. The number of amides is 1. The molecular formula is C24H32FN3O4S. The van der Waals surface area contributed by atoms with Crippen molar-refractivity contribution in [1.82, 2.24) is 14.1 Å². The van der Waals surface area contributed by atoms with Gasteiger partial charge in [0.2, 0.25) is 15.9 Å². The van der Waals surface area contributed by atoms with Crippen molar-refractivity contribution >= 4 is 15.9 Å².